The lowest BCUT2D eigenvalue weighted by Gasteiger charge is -2.28. The average Bonchev–Trinajstić information content (AvgIpc) is 2.83. The Hall–Kier alpha value is -2.94. The summed E-state index contributed by atoms with van der Waals surface area (Å²) >= 11 is 0. The Bertz CT molecular complexity index is 1170. The van der Waals surface area contributed by atoms with Gasteiger partial charge >= 0.3 is 0 Å². The van der Waals surface area contributed by atoms with Crippen molar-refractivity contribution in [3.05, 3.63) is 72.3 Å². The summed E-state index contributed by atoms with van der Waals surface area (Å²) in [6.45, 7) is 3.68. The summed E-state index contributed by atoms with van der Waals surface area (Å²) in [5, 5.41) is 4.67. The number of sulfonamides is 1. The van der Waals surface area contributed by atoms with Crippen molar-refractivity contribution in [2.24, 2.45) is 0 Å². The van der Waals surface area contributed by atoms with Gasteiger partial charge in [-0.05, 0) is 40.6 Å². The van der Waals surface area contributed by atoms with Gasteiger partial charge < -0.3 is 15.0 Å². The number of carbonyl (C=O) groups excluding carboxylic acids is 1. The first-order chi connectivity index (χ1) is 15.5. The third-order valence-corrected chi connectivity index (χ3v) is 6.94. The second kappa shape index (κ2) is 10.1. The molecular formula is C24H27N3O4S. The number of morpholine rings is 1. The zero-order chi connectivity index (χ0) is 22.4. The lowest BCUT2D eigenvalue weighted by molar-refractivity contribution is -0.121. The van der Waals surface area contributed by atoms with E-state index in [0.717, 1.165) is 48.3 Å². The maximum Gasteiger partial charge on any atom is 0.240 e. The molecule has 0 atom stereocenters. The number of nitrogens with one attached hydrogen (secondary N) is 2. The van der Waals surface area contributed by atoms with Gasteiger partial charge in [-0.1, -0.05) is 42.5 Å². The molecule has 8 heteroatoms. The van der Waals surface area contributed by atoms with Gasteiger partial charge in [0.1, 0.15) is 0 Å². The molecule has 0 radical (unpaired) electrons. The van der Waals surface area contributed by atoms with E-state index in [9.17, 15) is 13.2 Å². The van der Waals surface area contributed by atoms with Gasteiger partial charge in [0, 0.05) is 38.3 Å². The molecule has 0 spiro atoms. The minimum absolute atomic E-state index is 0.0387. The molecule has 32 heavy (non-hydrogen) atoms. The zero-order valence-corrected chi connectivity index (χ0v) is 18.6. The van der Waals surface area contributed by atoms with Crippen molar-refractivity contribution in [3.63, 3.8) is 0 Å². The van der Waals surface area contributed by atoms with Crippen LogP contribution < -0.4 is 14.9 Å². The van der Waals surface area contributed by atoms with Crippen molar-refractivity contribution in [2.45, 2.75) is 17.9 Å². The van der Waals surface area contributed by atoms with Gasteiger partial charge in [-0.25, -0.2) is 13.1 Å². The van der Waals surface area contributed by atoms with Crippen LogP contribution in [0.4, 0.5) is 5.69 Å². The topological polar surface area (TPSA) is 87.7 Å². The van der Waals surface area contributed by atoms with Crippen LogP contribution in [0.25, 0.3) is 10.8 Å². The molecule has 7 nitrogen and oxygen atoms in total. The molecule has 0 saturated carbocycles. The molecule has 3 aromatic carbocycles. The third kappa shape index (κ3) is 5.64. The van der Waals surface area contributed by atoms with Crippen LogP contribution in [0.15, 0.2) is 71.6 Å². The fourth-order valence-electron chi connectivity index (χ4n) is 3.65. The molecular weight excluding hydrogens is 426 g/mol. The Labute approximate surface area is 188 Å². The van der Waals surface area contributed by atoms with E-state index < -0.39 is 10.0 Å². The van der Waals surface area contributed by atoms with Crippen LogP contribution in [-0.4, -0.2) is 47.2 Å². The highest BCUT2D eigenvalue weighted by atomic mass is 32.2. The summed E-state index contributed by atoms with van der Waals surface area (Å²) < 4.78 is 33.0. The molecule has 3 aromatic rings. The van der Waals surface area contributed by atoms with Gasteiger partial charge in [-0.3, -0.25) is 4.79 Å². The van der Waals surface area contributed by atoms with Crippen molar-refractivity contribution in [3.8, 4) is 0 Å². The summed E-state index contributed by atoms with van der Waals surface area (Å²) in [4.78, 5) is 14.6. The number of rotatable bonds is 8. The first-order valence-electron chi connectivity index (χ1n) is 10.7. The SMILES string of the molecule is O=C(CCNS(=O)(=O)c1ccc2ccccc2c1)NCc1ccc(N2CCOCC2)cc1. The number of hydrogen-bond acceptors (Lipinski definition) is 5. The van der Waals surface area contributed by atoms with E-state index >= 15 is 0 Å². The van der Waals surface area contributed by atoms with Crippen molar-refractivity contribution in [1.29, 1.82) is 0 Å². The molecule has 1 amide bonds. The van der Waals surface area contributed by atoms with Crippen LogP contribution in [0, 0.1) is 0 Å². The van der Waals surface area contributed by atoms with E-state index in [1.54, 1.807) is 18.2 Å². The van der Waals surface area contributed by atoms with Crippen molar-refractivity contribution in [2.75, 3.05) is 37.7 Å². The van der Waals surface area contributed by atoms with Gasteiger partial charge in [0.2, 0.25) is 15.9 Å². The van der Waals surface area contributed by atoms with Gasteiger partial charge in [-0.2, -0.15) is 0 Å². The lowest BCUT2D eigenvalue weighted by Crippen LogP contribution is -2.36. The van der Waals surface area contributed by atoms with E-state index in [4.69, 9.17) is 4.74 Å². The monoisotopic (exact) mass is 453 g/mol. The summed E-state index contributed by atoms with van der Waals surface area (Å²) in [6, 6.07) is 20.6. The fraction of sp³-hybridized carbons (Fsp3) is 0.292. The molecule has 0 bridgehead atoms. The zero-order valence-electron chi connectivity index (χ0n) is 17.8. The maximum atomic E-state index is 12.5. The highest BCUT2D eigenvalue weighted by molar-refractivity contribution is 7.89. The van der Waals surface area contributed by atoms with Crippen LogP contribution >= 0.6 is 0 Å². The summed E-state index contributed by atoms with van der Waals surface area (Å²) in [5.41, 5.74) is 2.14. The van der Waals surface area contributed by atoms with E-state index in [2.05, 4.69) is 14.9 Å². The fourth-order valence-corrected chi connectivity index (χ4v) is 4.72. The Morgan fingerprint density at radius 1 is 0.938 bits per heavy atom. The Balaban J connectivity index is 1.23. The van der Waals surface area contributed by atoms with Gasteiger partial charge in [0.05, 0.1) is 18.1 Å². The molecule has 2 N–H and O–H groups in total. The van der Waals surface area contributed by atoms with Crippen LogP contribution in [0.3, 0.4) is 0 Å². The first-order valence-corrected chi connectivity index (χ1v) is 12.2. The third-order valence-electron chi connectivity index (χ3n) is 5.48. The largest absolute Gasteiger partial charge is 0.378 e. The second-order valence-corrected chi connectivity index (χ2v) is 9.47. The molecule has 0 aromatic heterocycles. The lowest BCUT2D eigenvalue weighted by atomic mass is 10.1. The normalized spacial score (nSPS) is 14.4. The predicted molar refractivity (Wildman–Crippen MR) is 125 cm³/mol. The maximum absolute atomic E-state index is 12.5. The van der Waals surface area contributed by atoms with Crippen LogP contribution in [-0.2, 0) is 26.1 Å². The van der Waals surface area contributed by atoms with Gasteiger partial charge in [0.15, 0.2) is 0 Å². The van der Waals surface area contributed by atoms with Crippen molar-refractivity contribution in [1.82, 2.24) is 10.0 Å². The Kier molecular flexibility index (Phi) is 7.04. The Morgan fingerprint density at radius 2 is 1.66 bits per heavy atom. The van der Waals surface area contributed by atoms with Crippen molar-refractivity contribution >= 4 is 32.4 Å². The molecule has 0 aliphatic carbocycles. The number of amides is 1. The van der Waals surface area contributed by atoms with Gasteiger partial charge in [-0.15, -0.1) is 0 Å². The summed E-state index contributed by atoms with van der Waals surface area (Å²) in [7, 11) is -3.67. The highest BCUT2D eigenvalue weighted by Crippen LogP contribution is 2.19. The van der Waals surface area contributed by atoms with Crippen LogP contribution in [0.5, 0.6) is 0 Å². The molecule has 1 aliphatic heterocycles. The number of carbonyl (C=O) groups is 1. The van der Waals surface area contributed by atoms with Gasteiger partial charge in [0.25, 0.3) is 0 Å². The number of ether oxygens (including phenoxy) is 1. The van der Waals surface area contributed by atoms with Crippen LogP contribution in [0.1, 0.15) is 12.0 Å². The molecule has 1 fully saturated rings. The average molecular weight is 454 g/mol. The molecule has 1 saturated heterocycles. The number of anilines is 1. The number of hydrogen-bond donors (Lipinski definition) is 2. The first kappa shape index (κ1) is 22.3. The van der Waals surface area contributed by atoms with Crippen LogP contribution in [0.2, 0.25) is 0 Å². The standard InChI is InChI=1S/C24H27N3O4S/c28-24(25-18-19-5-8-22(9-6-19)27-13-15-31-16-14-27)11-12-26-32(29,30)23-10-7-20-3-1-2-4-21(20)17-23/h1-10,17,26H,11-16,18H2,(H,25,28). The smallest absolute Gasteiger partial charge is 0.240 e. The number of fused-ring (bicyclic) bond motifs is 1. The minimum atomic E-state index is -3.67. The Morgan fingerprint density at radius 3 is 2.41 bits per heavy atom. The van der Waals surface area contributed by atoms with Crippen molar-refractivity contribution < 1.29 is 17.9 Å². The second-order valence-electron chi connectivity index (χ2n) is 7.70. The molecule has 4 rings (SSSR count). The highest BCUT2D eigenvalue weighted by Gasteiger charge is 2.15. The molecule has 1 aliphatic rings. The molecule has 168 valence electrons. The number of nitrogens with zero attached hydrogens (tertiary/aromatic N) is 1. The summed E-state index contributed by atoms with van der Waals surface area (Å²) in [6.07, 6.45) is 0.0681. The van der Waals surface area contributed by atoms with E-state index in [0.29, 0.717) is 6.54 Å². The number of benzene rings is 3. The minimum Gasteiger partial charge on any atom is -0.378 e. The van der Waals surface area contributed by atoms with E-state index in [1.165, 1.54) is 0 Å². The predicted octanol–water partition coefficient (Wildman–Crippen LogP) is 2.66. The summed E-state index contributed by atoms with van der Waals surface area (Å²) in [5.74, 6) is -0.205. The molecule has 1 heterocycles. The van der Waals surface area contributed by atoms with E-state index in [-0.39, 0.29) is 23.8 Å². The quantitative estimate of drug-likeness (QED) is 0.548. The molecule has 0 unspecified atom stereocenters. The van der Waals surface area contributed by atoms with E-state index in [1.807, 2.05) is 48.5 Å².